The zero-order chi connectivity index (χ0) is 38.8. The van der Waals surface area contributed by atoms with Crippen LogP contribution in [-0.4, -0.2) is 68.8 Å². The van der Waals surface area contributed by atoms with Crippen LogP contribution in [0.25, 0.3) is 6.08 Å². The molecule has 10 nitrogen and oxygen atoms in total. The minimum atomic E-state index is -1.20. The molecule has 0 radical (unpaired) electrons. The van der Waals surface area contributed by atoms with E-state index >= 15 is 4.79 Å². The molecular formula is C43H59N3O7. The summed E-state index contributed by atoms with van der Waals surface area (Å²) in [6.45, 7) is 11.6. The lowest BCUT2D eigenvalue weighted by Gasteiger charge is -2.65. The fourth-order valence-electron chi connectivity index (χ4n) is 12.5. The average molecular weight is 730 g/mol. The number of benzene rings is 1. The first-order valence-electron chi connectivity index (χ1n) is 19.4. The van der Waals surface area contributed by atoms with Crippen molar-refractivity contribution in [1.82, 2.24) is 0 Å². The van der Waals surface area contributed by atoms with Gasteiger partial charge in [0.25, 0.3) is 0 Å². The Morgan fingerprint density at radius 3 is 2.34 bits per heavy atom. The van der Waals surface area contributed by atoms with Gasteiger partial charge in [0, 0.05) is 58.1 Å². The molecule has 288 valence electrons. The second-order valence-electron chi connectivity index (χ2n) is 17.9. The molecule has 8 N–H and O–H groups in total. The van der Waals surface area contributed by atoms with Crippen molar-refractivity contribution in [3.63, 3.8) is 0 Å². The van der Waals surface area contributed by atoms with Gasteiger partial charge in [-0.2, -0.15) is 0 Å². The number of ketones is 2. The van der Waals surface area contributed by atoms with E-state index in [1.54, 1.807) is 0 Å². The summed E-state index contributed by atoms with van der Waals surface area (Å²) >= 11 is 0. The standard InChI is InChI=1S/C43H59N3O7/c1-23(38(52)53)20-30(47)27(22-46-39(44)45)25-14-10-11-15-28-36(51)33-34(43(6)32(49)21-29(25)42(28,43)5)35(50)26(17-16-24-12-8-7-9-13-24)37-40(2,3)31(48)18-19-41(33,37)4/h7-9,12-13,16-17,20,25-30,32,35,37,47,49-50H,10-11,14-15,18-19,21-22H2,1-6H3,(H,52,53)(H4,44,45,46)/t25-,26-,27+,28-,29+,30+,32-,35+,37-,41+,42+,43+/m0/s1. The zero-order valence-electron chi connectivity index (χ0n) is 32.1. The van der Waals surface area contributed by atoms with Gasteiger partial charge in [-0.1, -0.05) is 89.9 Å². The Morgan fingerprint density at radius 1 is 1.04 bits per heavy atom. The highest BCUT2D eigenvalue weighted by Crippen LogP contribution is 2.75. The molecule has 0 unspecified atom stereocenters. The molecule has 0 bridgehead atoms. The van der Waals surface area contributed by atoms with E-state index in [0.717, 1.165) is 18.4 Å². The third-order valence-corrected chi connectivity index (χ3v) is 15.2. The van der Waals surface area contributed by atoms with Gasteiger partial charge in [0.05, 0.1) is 18.3 Å². The summed E-state index contributed by atoms with van der Waals surface area (Å²) in [5.74, 6) is -3.69. The number of nitrogens with two attached hydrogens (primary N) is 2. The van der Waals surface area contributed by atoms with E-state index in [2.05, 4.69) is 18.8 Å². The van der Waals surface area contributed by atoms with Crippen LogP contribution in [-0.2, 0) is 14.4 Å². The van der Waals surface area contributed by atoms with Crippen molar-refractivity contribution in [2.45, 2.75) is 105 Å². The molecule has 1 aromatic carbocycles. The van der Waals surface area contributed by atoms with Crippen LogP contribution in [0.5, 0.6) is 0 Å². The molecule has 0 aliphatic heterocycles. The topological polar surface area (TPSA) is 197 Å². The first kappa shape index (κ1) is 39.1. The Bertz CT molecular complexity index is 1760. The molecule has 0 heterocycles. The van der Waals surface area contributed by atoms with E-state index in [1.807, 2.05) is 63.3 Å². The second-order valence-corrected chi connectivity index (χ2v) is 17.9. The fourth-order valence-corrected chi connectivity index (χ4v) is 12.5. The monoisotopic (exact) mass is 729 g/mol. The third kappa shape index (κ3) is 5.94. The number of Topliss-reactive ketones (excluding diaryl/α,β-unsaturated/α-hetero) is 2. The van der Waals surface area contributed by atoms with Gasteiger partial charge >= 0.3 is 5.97 Å². The Hall–Kier alpha value is -3.60. The van der Waals surface area contributed by atoms with Gasteiger partial charge in [-0.25, -0.2) is 4.79 Å². The van der Waals surface area contributed by atoms with Crippen LogP contribution in [0.15, 0.2) is 64.2 Å². The molecular weight excluding hydrogens is 670 g/mol. The molecule has 12 atom stereocenters. The highest BCUT2D eigenvalue weighted by atomic mass is 16.4. The smallest absolute Gasteiger partial charge is 0.331 e. The number of aliphatic carboxylic acids is 1. The summed E-state index contributed by atoms with van der Waals surface area (Å²) < 4.78 is 0. The van der Waals surface area contributed by atoms with Gasteiger partial charge < -0.3 is 31.9 Å². The van der Waals surface area contributed by atoms with Crippen LogP contribution >= 0.6 is 0 Å². The first-order chi connectivity index (χ1) is 24.8. The first-order valence-corrected chi connectivity index (χ1v) is 19.4. The van der Waals surface area contributed by atoms with Crippen molar-refractivity contribution in [3.8, 4) is 0 Å². The number of carboxylic acids is 1. The summed E-state index contributed by atoms with van der Waals surface area (Å²) in [5, 5.41) is 46.8. The molecule has 0 saturated heterocycles. The number of hydrogen-bond donors (Lipinski definition) is 6. The number of aliphatic hydroxyl groups is 3. The molecule has 3 saturated carbocycles. The van der Waals surface area contributed by atoms with Crippen molar-refractivity contribution in [3.05, 3.63) is 64.8 Å². The minimum Gasteiger partial charge on any atom is -0.478 e. The van der Waals surface area contributed by atoms with E-state index in [9.17, 15) is 30.0 Å². The summed E-state index contributed by atoms with van der Waals surface area (Å²) in [4.78, 5) is 45.4. The number of allylic oxidation sites excluding steroid dienone is 1. The number of carbonyl (C=O) groups excluding carboxylic acids is 2. The molecule has 6 rings (SSSR count). The largest absolute Gasteiger partial charge is 0.478 e. The predicted octanol–water partition coefficient (Wildman–Crippen LogP) is 5.06. The number of carbonyl (C=O) groups is 3. The third-order valence-electron chi connectivity index (χ3n) is 15.2. The van der Waals surface area contributed by atoms with Gasteiger partial charge in [0.15, 0.2) is 11.7 Å². The molecule has 1 aromatic rings. The van der Waals surface area contributed by atoms with Gasteiger partial charge in [0.2, 0.25) is 0 Å². The highest BCUT2D eigenvalue weighted by Gasteiger charge is 2.74. The number of aliphatic hydroxyl groups excluding tert-OH is 3. The Morgan fingerprint density at radius 2 is 1.70 bits per heavy atom. The highest BCUT2D eigenvalue weighted by molar-refractivity contribution is 6.03. The quantitative estimate of drug-likeness (QED) is 0.120. The van der Waals surface area contributed by atoms with E-state index in [1.165, 1.54) is 13.0 Å². The summed E-state index contributed by atoms with van der Waals surface area (Å²) in [6.07, 6.45) is 6.02. The average Bonchev–Trinajstić information content (AvgIpc) is 3.29. The van der Waals surface area contributed by atoms with Gasteiger partial charge in [-0.05, 0) is 73.0 Å². The van der Waals surface area contributed by atoms with Crippen LogP contribution in [0.4, 0.5) is 0 Å². The number of nitrogens with zero attached hydrogens (tertiary/aromatic N) is 1. The van der Waals surface area contributed by atoms with Crippen LogP contribution in [0.2, 0.25) is 0 Å². The molecule has 0 amide bonds. The van der Waals surface area contributed by atoms with Gasteiger partial charge in [0.1, 0.15) is 5.78 Å². The maximum Gasteiger partial charge on any atom is 0.331 e. The number of hydrogen-bond acceptors (Lipinski definition) is 7. The predicted molar refractivity (Wildman–Crippen MR) is 204 cm³/mol. The van der Waals surface area contributed by atoms with Crippen molar-refractivity contribution >= 4 is 29.6 Å². The zero-order valence-corrected chi connectivity index (χ0v) is 32.1. The van der Waals surface area contributed by atoms with Crippen molar-refractivity contribution in [2.75, 3.05) is 6.54 Å². The normalized spacial score (nSPS) is 39.3. The fraction of sp³-hybridized carbons (Fsp3) is 0.628. The summed E-state index contributed by atoms with van der Waals surface area (Å²) in [7, 11) is 0. The van der Waals surface area contributed by atoms with E-state index < -0.39 is 63.7 Å². The number of carboxylic acid groups (broad SMARTS) is 1. The minimum absolute atomic E-state index is 0.00215. The van der Waals surface area contributed by atoms with Crippen LogP contribution in [0.1, 0.15) is 92.1 Å². The van der Waals surface area contributed by atoms with Crippen molar-refractivity contribution in [1.29, 1.82) is 0 Å². The van der Waals surface area contributed by atoms with Gasteiger partial charge in [-0.15, -0.1) is 0 Å². The maximum atomic E-state index is 15.5. The number of rotatable bonds is 8. The maximum absolute atomic E-state index is 15.5. The molecule has 0 aromatic heterocycles. The molecule has 5 aliphatic carbocycles. The Labute approximate surface area is 313 Å². The SMILES string of the molecule is CC(=C[C@@H](O)[C@H](CN=C(N)N)[C@@H]1CCCC[C@H]2C(=O)C3=C([C@H](O)[C@H](C=Cc4ccccc4)[C@H]4C(C)(C)C(=O)CC[C@]34C)[C@@]3(C)[C@@H](O)C[C@H]1[C@@]23C)C(=O)O. The molecule has 10 heteroatoms. The van der Waals surface area contributed by atoms with Crippen LogP contribution < -0.4 is 11.5 Å². The molecule has 3 fully saturated rings. The number of aliphatic imine (C=N–C) groups is 1. The Kier molecular flexibility index (Phi) is 10.3. The lowest BCUT2D eigenvalue weighted by atomic mass is 9.38. The lowest BCUT2D eigenvalue weighted by Crippen LogP contribution is -2.65. The Balaban J connectivity index is 1.56. The van der Waals surface area contributed by atoms with Crippen LogP contribution in [0.3, 0.4) is 0 Å². The van der Waals surface area contributed by atoms with Crippen molar-refractivity contribution < 1.29 is 34.8 Å². The van der Waals surface area contributed by atoms with E-state index in [4.69, 9.17) is 11.5 Å². The van der Waals surface area contributed by atoms with Crippen LogP contribution in [0, 0.1) is 57.2 Å². The molecule has 53 heavy (non-hydrogen) atoms. The summed E-state index contributed by atoms with van der Waals surface area (Å²) in [6, 6.07) is 9.83. The van der Waals surface area contributed by atoms with E-state index in [-0.39, 0.29) is 47.4 Å². The van der Waals surface area contributed by atoms with Crippen molar-refractivity contribution in [2.24, 2.45) is 73.6 Å². The number of guanidine groups is 1. The van der Waals surface area contributed by atoms with E-state index in [0.29, 0.717) is 43.3 Å². The van der Waals surface area contributed by atoms with Gasteiger partial charge in [-0.3, -0.25) is 14.6 Å². The number of fused-ring (bicyclic) bond motifs is 3. The molecule has 0 spiro atoms. The molecule has 5 aliphatic rings. The summed E-state index contributed by atoms with van der Waals surface area (Å²) in [5.41, 5.74) is 10.3. The second kappa shape index (κ2) is 13.9. The lowest BCUT2D eigenvalue weighted by molar-refractivity contribution is -0.157.